The highest BCUT2D eigenvalue weighted by molar-refractivity contribution is 6.37. The molecule has 0 saturated carbocycles. The van der Waals surface area contributed by atoms with Gasteiger partial charge in [-0.3, -0.25) is 19.2 Å². The number of carbonyl (C=O) groups excluding carboxylic acids is 4. The van der Waals surface area contributed by atoms with Crippen LogP contribution in [0.25, 0.3) is 0 Å². The molecule has 0 bridgehead atoms. The Labute approximate surface area is 250 Å². The third-order valence-electron chi connectivity index (χ3n) is 6.02. The van der Waals surface area contributed by atoms with Gasteiger partial charge in [0.15, 0.2) is 11.6 Å². The molecule has 0 spiro atoms. The number of hydrogen-bond acceptors (Lipinski definition) is 7. The van der Waals surface area contributed by atoms with Crippen molar-refractivity contribution in [3.8, 4) is 0 Å². The van der Waals surface area contributed by atoms with E-state index in [2.05, 4.69) is 0 Å². The standard InChI is InChI=1S/C28H22Cl4N4O4/c29-19-5-7-21(23(31)11-19)25(37)15-34-9-1-3-17(13-34)27(39)36(33)28(40)18-4-2-10-35(14-18)16-26(38)22-8-6-20(30)12-24(22)32/h1-2,5-14H,3-4,15-16,33H2. The molecule has 2 heterocycles. The Morgan fingerprint density at radius 3 is 1.48 bits per heavy atom. The molecule has 2 aromatic rings. The lowest BCUT2D eigenvalue weighted by Gasteiger charge is -2.25. The van der Waals surface area contributed by atoms with Crippen LogP contribution in [0.1, 0.15) is 33.6 Å². The maximum absolute atomic E-state index is 13.1. The van der Waals surface area contributed by atoms with Gasteiger partial charge >= 0.3 is 0 Å². The number of nitrogens with two attached hydrogens (primary N) is 1. The fourth-order valence-electron chi connectivity index (χ4n) is 4.04. The Bertz CT molecular complexity index is 1400. The summed E-state index contributed by atoms with van der Waals surface area (Å²) in [4.78, 5) is 54.7. The molecule has 2 aliphatic rings. The van der Waals surface area contributed by atoms with Crippen molar-refractivity contribution in [2.45, 2.75) is 12.8 Å². The summed E-state index contributed by atoms with van der Waals surface area (Å²) >= 11 is 24.1. The number of amides is 2. The third kappa shape index (κ3) is 7.02. The number of rotatable bonds is 8. The van der Waals surface area contributed by atoms with Crippen LogP contribution < -0.4 is 5.84 Å². The number of carbonyl (C=O) groups is 4. The van der Waals surface area contributed by atoms with E-state index in [1.54, 1.807) is 36.7 Å². The van der Waals surface area contributed by atoms with E-state index in [-0.39, 0.29) is 58.7 Å². The number of Topliss-reactive ketones (excluding diaryl/α,β-unsaturated/α-hetero) is 2. The van der Waals surface area contributed by atoms with Crippen molar-refractivity contribution in [3.05, 3.63) is 116 Å². The summed E-state index contributed by atoms with van der Waals surface area (Å²) in [7, 11) is 0. The predicted molar refractivity (Wildman–Crippen MR) is 155 cm³/mol. The Morgan fingerprint density at radius 1 is 0.700 bits per heavy atom. The second-order valence-electron chi connectivity index (χ2n) is 8.91. The molecule has 2 N–H and O–H groups in total. The maximum Gasteiger partial charge on any atom is 0.272 e. The Morgan fingerprint density at radius 2 is 1.10 bits per heavy atom. The number of nitrogens with zero attached hydrogens (tertiary/aromatic N) is 3. The third-order valence-corrected chi connectivity index (χ3v) is 7.11. The van der Waals surface area contributed by atoms with Gasteiger partial charge in [0.25, 0.3) is 11.8 Å². The monoisotopic (exact) mass is 618 g/mol. The fourth-order valence-corrected chi connectivity index (χ4v) is 5.07. The lowest BCUT2D eigenvalue weighted by atomic mass is 10.1. The van der Waals surface area contributed by atoms with Crippen LogP contribution in [0.15, 0.2) is 84.5 Å². The van der Waals surface area contributed by atoms with Crippen molar-refractivity contribution in [1.29, 1.82) is 0 Å². The van der Waals surface area contributed by atoms with Gasteiger partial charge in [-0.05, 0) is 49.2 Å². The van der Waals surface area contributed by atoms with E-state index in [4.69, 9.17) is 52.2 Å². The SMILES string of the molecule is NN(C(=O)C1=CN(CC(=O)c2ccc(Cl)cc2Cl)C=CC1)C(=O)C1=CN(CC(=O)c2ccc(Cl)cc2Cl)C=CC1. The van der Waals surface area contributed by atoms with Crippen LogP contribution in [-0.2, 0) is 9.59 Å². The first-order chi connectivity index (χ1) is 19.0. The molecule has 4 rings (SSSR count). The van der Waals surface area contributed by atoms with Crippen LogP contribution in [0.2, 0.25) is 20.1 Å². The van der Waals surface area contributed by atoms with Gasteiger partial charge in [0.05, 0.1) is 23.1 Å². The zero-order valence-corrected chi connectivity index (χ0v) is 23.8. The molecule has 2 aromatic carbocycles. The number of halogens is 4. The number of allylic oxidation sites excluding steroid dienone is 2. The highest BCUT2D eigenvalue weighted by atomic mass is 35.5. The molecule has 0 saturated heterocycles. The van der Waals surface area contributed by atoms with E-state index in [0.717, 1.165) is 0 Å². The first-order valence-electron chi connectivity index (χ1n) is 11.9. The van der Waals surface area contributed by atoms with E-state index in [1.807, 2.05) is 0 Å². The van der Waals surface area contributed by atoms with Crippen molar-refractivity contribution in [3.63, 3.8) is 0 Å². The molecule has 0 unspecified atom stereocenters. The second-order valence-corrected chi connectivity index (χ2v) is 10.6. The number of hydrazine groups is 1. The molecule has 0 fully saturated rings. The van der Waals surface area contributed by atoms with Crippen LogP contribution >= 0.6 is 46.4 Å². The van der Waals surface area contributed by atoms with Crippen LogP contribution in [0.4, 0.5) is 0 Å². The lowest BCUT2D eigenvalue weighted by molar-refractivity contribution is -0.140. The van der Waals surface area contributed by atoms with Gasteiger partial charge in [0, 0.05) is 57.1 Å². The summed E-state index contributed by atoms with van der Waals surface area (Å²) in [5, 5.41) is 1.79. The van der Waals surface area contributed by atoms with Crippen LogP contribution in [0.3, 0.4) is 0 Å². The summed E-state index contributed by atoms with van der Waals surface area (Å²) in [6.45, 7) is -0.187. The van der Waals surface area contributed by atoms with Gasteiger partial charge < -0.3 is 9.80 Å². The molecule has 206 valence electrons. The smallest absolute Gasteiger partial charge is 0.272 e. The Balaban J connectivity index is 1.41. The van der Waals surface area contributed by atoms with E-state index >= 15 is 0 Å². The molecular formula is C28H22Cl4N4O4. The normalized spacial score (nSPS) is 14.5. The van der Waals surface area contributed by atoms with Gasteiger partial charge in [-0.1, -0.05) is 58.6 Å². The van der Waals surface area contributed by atoms with Crippen molar-refractivity contribution in [1.82, 2.24) is 14.8 Å². The first kappa shape index (κ1) is 29.6. The van der Waals surface area contributed by atoms with E-state index < -0.39 is 11.8 Å². The molecule has 0 aromatic heterocycles. The molecule has 0 atom stereocenters. The zero-order chi connectivity index (χ0) is 29.0. The second kappa shape index (κ2) is 12.8. The molecule has 0 radical (unpaired) electrons. The molecule has 12 heteroatoms. The lowest BCUT2D eigenvalue weighted by Crippen LogP contribution is -2.45. The molecule has 40 heavy (non-hydrogen) atoms. The Kier molecular flexibility index (Phi) is 9.50. The minimum absolute atomic E-state index is 0.0935. The van der Waals surface area contributed by atoms with Crippen LogP contribution in [-0.4, -0.2) is 51.3 Å². The Hall–Kier alpha value is -3.40. The summed E-state index contributed by atoms with van der Waals surface area (Å²) in [6.07, 6.45) is 10.0. The molecule has 2 aliphatic heterocycles. The first-order valence-corrected chi connectivity index (χ1v) is 13.4. The number of hydrogen-bond donors (Lipinski definition) is 1. The van der Waals surface area contributed by atoms with Gasteiger partial charge in [-0.15, -0.1) is 0 Å². The average molecular weight is 620 g/mol. The summed E-state index contributed by atoms with van der Waals surface area (Å²) < 4.78 is 0. The van der Waals surface area contributed by atoms with Gasteiger partial charge in [0.1, 0.15) is 0 Å². The zero-order valence-electron chi connectivity index (χ0n) is 20.8. The van der Waals surface area contributed by atoms with Gasteiger partial charge in [-0.2, -0.15) is 0 Å². The van der Waals surface area contributed by atoms with Crippen molar-refractivity contribution in [2.75, 3.05) is 13.1 Å². The molecule has 2 amide bonds. The van der Waals surface area contributed by atoms with Crippen LogP contribution in [0.5, 0.6) is 0 Å². The van der Waals surface area contributed by atoms with E-state index in [0.29, 0.717) is 26.2 Å². The topological polar surface area (TPSA) is 104 Å². The quantitative estimate of drug-likeness (QED) is 0.131. The highest BCUT2D eigenvalue weighted by Crippen LogP contribution is 2.24. The van der Waals surface area contributed by atoms with Crippen LogP contribution in [0, 0.1) is 0 Å². The van der Waals surface area contributed by atoms with Gasteiger partial charge in [-0.25, -0.2) is 10.9 Å². The maximum atomic E-state index is 13.1. The molecule has 0 aliphatic carbocycles. The number of imide groups is 1. The predicted octanol–water partition coefficient (Wildman–Crippen LogP) is 5.80. The van der Waals surface area contributed by atoms with Gasteiger partial charge in [0.2, 0.25) is 0 Å². The van der Waals surface area contributed by atoms with Crippen molar-refractivity contribution < 1.29 is 19.2 Å². The number of ketones is 2. The number of benzene rings is 2. The highest BCUT2D eigenvalue weighted by Gasteiger charge is 2.27. The van der Waals surface area contributed by atoms with E-state index in [9.17, 15) is 19.2 Å². The molecular weight excluding hydrogens is 598 g/mol. The minimum atomic E-state index is -0.720. The largest absolute Gasteiger partial charge is 0.346 e. The fraction of sp³-hybridized carbons (Fsp3) is 0.143. The summed E-state index contributed by atoms with van der Waals surface area (Å²) in [5.74, 6) is 3.93. The van der Waals surface area contributed by atoms with Crippen molar-refractivity contribution in [2.24, 2.45) is 5.84 Å². The molecule has 8 nitrogen and oxygen atoms in total. The summed E-state index contributed by atoms with van der Waals surface area (Å²) in [5.41, 5.74) is 1.01. The average Bonchev–Trinajstić information content (AvgIpc) is 2.92. The minimum Gasteiger partial charge on any atom is -0.346 e. The van der Waals surface area contributed by atoms with E-state index in [1.165, 1.54) is 46.5 Å². The van der Waals surface area contributed by atoms with Crippen molar-refractivity contribution >= 4 is 69.8 Å². The summed E-state index contributed by atoms with van der Waals surface area (Å²) in [6, 6.07) is 9.14.